The van der Waals surface area contributed by atoms with Crippen molar-refractivity contribution in [3.8, 4) is 11.5 Å². The van der Waals surface area contributed by atoms with Crippen LogP contribution < -0.4 is 9.47 Å². The Morgan fingerprint density at radius 1 is 1.39 bits per heavy atom. The van der Waals surface area contributed by atoms with Crippen LogP contribution in [0.3, 0.4) is 0 Å². The van der Waals surface area contributed by atoms with Crippen molar-refractivity contribution in [3.05, 3.63) is 40.6 Å². The van der Waals surface area contributed by atoms with Gasteiger partial charge in [-0.3, -0.25) is 0 Å². The van der Waals surface area contributed by atoms with Gasteiger partial charge in [0.2, 0.25) is 0 Å². The average Bonchev–Trinajstić information content (AvgIpc) is 2.88. The third-order valence-corrected chi connectivity index (χ3v) is 6.58. The van der Waals surface area contributed by atoms with E-state index in [0.717, 1.165) is 24.3 Å². The number of nitrogens with zero attached hydrogens (tertiary/aromatic N) is 1. The van der Waals surface area contributed by atoms with Gasteiger partial charge in [0.15, 0.2) is 11.5 Å². The Labute approximate surface area is 135 Å². The Kier molecular flexibility index (Phi) is 2.46. The lowest BCUT2D eigenvalue weighted by molar-refractivity contribution is -0.898. The number of hydroxylamine groups is 3. The average molecular weight is 315 g/mol. The molecule has 1 N–H and O–H groups in total. The van der Waals surface area contributed by atoms with E-state index in [-0.39, 0.29) is 28.1 Å². The molecule has 1 aromatic rings. The van der Waals surface area contributed by atoms with Crippen LogP contribution in [0, 0.1) is 11.1 Å². The van der Waals surface area contributed by atoms with Gasteiger partial charge in [0.25, 0.3) is 0 Å². The molecule has 0 aromatic heterocycles. The molecule has 2 heterocycles. The molecule has 0 radical (unpaired) electrons. The van der Waals surface area contributed by atoms with Crippen LogP contribution in [-0.2, 0) is 11.8 Å². The van der Waals surface area contributed by atoms with Crippen molar-refractivity contribution in [2.75, 3.05) is 20.7 Å². The molecule has 6 atom stereocenters. The number of methoxy groups -OCH3 is 1. The molecule has 2 aliphatic heterocycles. The number of likely N-dealkylation sites (N-methyl/N-ethyl adjacent to an activating group) is 1. The molecule has 2 aliphatic carbocycles. The first-order valence-corrected chi connectivity index (χ1v) is 8.28. The Bertz CT molecular complexity index is 728. The number of quaternary nitrogens is 1. The Hall–Kier alpha value is -1.56. The summed E-state index contributed by atoms with van der Waals surface area (Å²) in [6.45, 7) is 0.567. The highest BCUT2D eigenvalue weighted by atomic mass is 16.5. The SMILES string of the molecule is COc1ccc2c3c1O[C@H]1[C@@H](O)C=CC4C(C2)[N+](C)([O-])CCC341. The van der Waals surface area contributed by atoms with Gasteiger partial charge in [0.1, 0.15) is 12.2 Å². The van der Waals surface area contributed by atoms with E-state index in [4.69, 9.17) is 9.47 Å². The number of aliphatic hydroxyl groups excluding tert-OH is 1. The Morgan fingerprint density at radius 2 is 2.22 bits per heavy atom. The second-order valence-electron chi connectivity index (χ2n) is 7.53. The third-order valence-electron chi connectivity index (χ3n) is 6.58. The van der Waals surface area contributed by atoms with Gasteiger partial charge in [0, 0.05) is 24.3 Å². The number of ether oxygens (including phenoxy) is 2. The minimum Gasteiger partial charge on any atom is -0.633 e. The normalized spacial score (nSPS) is 45.4. The zero-order valence-corrected chi connectivity index (χ0v) is 13.4. The highest BCUT2D eigenvalue weighted by molar-refractivity contribution is 5.61. The van der Waals surface area contributed by atoms with E-state index in [9.17, 15) is 10.3 Å². The zero-order valence-electron chi connectivity index (χ0n) is 13.4. The molecule has 0 saturated carbocycles. The smallest absolute Gasteiger partial charge is 0.165 e. The summed E-state index contributed by atoms with van der Waals surface area (Å²) in [5.41, 5.74) is 2.09. The lowest BCUT2D eigenvalue weighted by Crippen LogP contribution is -2.69. The summed E-state index contributed by atoms with van der Waals surface area (Å²) in [4.78, 5) is 0. The minimum atomic E-state index is -0.640. The van der Waals surface area contributed by atoms with E-state index in [1.54, 1.807) is 14.2 Å². The Morgan fingerprint density at radius 3 is 3.00 bits per heavy atom. The quantitative estimate of drug-likeness (QED) is 0.485. The fraction of sp³-hybridized carbons (Fsp3) is 0.556. The van der Waals surface area contributed by atoms with E-state index in [1.165, 1.54) is 11.1 Å². The van der Waals surface area contributed by atoms with Gasteiger partial charge in [0.05, 0.1) is 32.2 Å². The van der Waals surface area contributed by atoms with Crippen molar-refractivity contribution in [2.45, 2.75) is 36.5 Å². The lowest BCUT2D eigenvalue weighted by atomic mass is 9.53. The number of hydrogen-bond donors (Lipinski definition) is 1. The van der Waals surface area contributed by atoms with Crippen LogP contribution in [0.15, 0.2) is 24.3 Å². The molecule has 122 valence electrons. The molecule has 4 unspecified atom stereocenters. The van der Waals surface area contributed by atoms with Gasteiger partial charge in [-0.15, -0.1) is 0 Å². The topological polar surface area (TPSA) is 61.8 Å². The molecule has 5 rings (SSSR count). The third kappa shape index (κ3) is 1.44. The van der Waals surface area contributed by atoms with Gasteiger partial charge >= 0.3 is 0 Å². The summed E-state index contributed by atoms with van der Waals surface area (Å²) in [7, 11) is 3.43. The van der Waals surface area contributed by atoms with E-state index in [0.29, 0.717) is 6.54 Å². The number of piperidine rings is 1. The molecule has 1 aromatic carbocycles. The first-order chi connectivity index (χ1) is 11.0. The molecule has 5 heteroatoms. The van der Waals surface area contributed by atoms with Crippen molar-refractivity contribution >= 4 is 0 Å². The van der Waals surface area contributed by atoms with Crippen LogP contribution in [0.5, 0.6) is 11.5 Å². The van der Waals surface area contributed by atoms with Crippen molar-refractivity contribution in [2.24, 2.45) is 5.92 Å². The van der Waals surface area contributed by atoms with Crippen LogP contribution in [0.25, 0.3) is 0 Å². The molecule has 0 amide bonds. The summed E-state index contributed by atoms with van der Waals surface area (Å²) in [6.07, 6.45) is 4.43. The number of benzene rings is 1. The van der Waals surface area contributed by atoms with Gasteiger partial charge in [-0.25, -0.2) is 0 Å². The van der Waals surface area contributed by atoms with Gasteiger partial charge < -0.3 is 24.4 Å². The highest BCUT2D eigenvalue weighted by Crippen LogP contribution is 2.63. The molecule has 2 bridgehead atoms. The monoisotopic (exact) mass is 315 g/mol. The lowest BCUT2D eigenvalue weighted by Gasteiger charge is -2.61. The summed E-state index contributed by atoms with van der Waals surface area (Å²) >= 11 is 0. The summed E-state index contributed by atoms with van der Waals surface area (Å²) < 4.78 is 11.5. The van der Waals surface area contributed by atoms with E-state index >= 15 is 0 Å². The van der Waals surface area contributed by atoms with Crippen LogP contribution >= 0.6 is 0 Å². The summed E-state index contributed by atoms with van der Waals surface area (Å²) in [5.74, 6) is 1.62. The fourth-order valence-corrected chi connectivity index (χ4v) is 5.54. The van der Waals surface area contributed by atoms with Crippen molar-refractivity contribution in [3.63, 3.8) is 0 Å². The number of likely N-dealkylation sites (tertiary alicyclic amines) is 1. The first kappa shape index (κ1) is 13.8. The molecule has 1 spiro atoms. The summed E-state index contributed by atoms with van der Waals surface area (Å²) in [5, 5.41) is 23.6. The predicted octanol–water partition coefficient (Wildman–Crippen LogP) is 1.51. The fourth-order valence-electron chi connectivity index (χ4n) is 5.54. The maximum atomic E-state index is 13.0. The van der Waals surface area contributed by atoms with Crippen LogP contribution in [-0.4, -0.2) is 48.7 Å². The van der Waals surface area contributed by atoms with E-state index in [1.807, 2.05) is 12.1 Å². The maximum absolute atomic E-state index is 13.0. The second-order valence-corrected chi connectivity index (χ2v) is 7.53. The molecular weight excluding hydrogens is 294 g/mol. The molecule has 23 heavy (non-hydrogen) atoms. The largest absolute Gasteiger partial charge is 0.633 e. The number of hydrogen-bond acceptors (Lipinski definition) is 4. The van der Waals surface area contributed by atoms with Gasteiger partial charge in [-0.2, -0.15) is 0 Å². The van der Waals surface area contributed by atoms with Gasteiger partial charge in [-0.05, 0) is 11.6 Å². The van der Waals surface area contributed by atoms with Crippen molar-refractivity contribution in [1.29, 1.82) is 0 Å². The van der Waals surface area contributed by atoms with Crippen LogP contribution in [0.2, 0.25) is 0 Å². The predicted molar refractivity (Wildman–Crippen MR) is 84.3 cm³/mol. The van der Waals surface area contributed by atoms with Crippen molar-refractivity contribution in [1.82, 2.24) is 0 Å². The molecule has 5 nitrogen and oxygen atoms in total. The maximum Gasteiger partial charge on any atom is 0.165 e. The zero-order chi connectivity index (χ0) is 16.0. The van der Waals surface area contributed by atoms with E-state index in [2.05, 4.69) is 12.1 Å². The Balaban J connectivity index is 1.82. The van der Waals surface area contributed by atoms with E-state index < -0.39 is 6.10 Å². The van der Waals surface area contributed by atoms with Crippen LogP contribution in [0.4, 0.5) is 0 Å². The number of rotatable bonds is 1. The standard InChI is InChI=1S/C18H21NO4/c1-19(21)8-7-18-11-4-5-13(20)17(18)23-16-14(22-2)6-3-10(15(16)18)9-12(11)19/h3-6,11-13,17,20H,7-9H2,1-2H3/t11?,12?,13-,17-,18?,19?/m0/s1. The summed E-state index contributed by atoms with van der Waals surface area (Å²) in [6, 6.07) is 3.99. The molecule has 4 aliphatic rings. The first-order valence-electron chi connectivity index (χ1n) is 8.28. The van der Waals surface area contributed by atoms with Gasteiger partial charge in [-0.1, -0.05) is 18.2 Å². The highest BCUT2D eigenvalue weighted by Gasteiger charge is 2.66. The number of aliphatic hydroxyl groups is 1. The minimum absolute atomic E-state index is 0.00885. The second kappa shape index (κ2) is 4.09. The molecule has 1 saturated heterocycles. The van der Waals surface area contributed by atoms with Crippen molar-refractivity contribution < 1.29 is 19.2 Å². The molecule has 1 fully saturated rings. The van der Waals surface area contributed by atoms with Crippen LogP contribution in [0.1, 0.15) is 17.5 Å². The molecular formula is C18H21NO4.